The number of amides is 3. The number of nitrogens with zero attached hydrogens (tertiary/aromatic N) is 3. The van der Waals surface area contributed by atoms with Crippen LogP contribution in [0.4, 0.5) is 0 Å². The predicted octanol–water partition coefficient (Wildman–Crippen LogP) is 3.68. The van der Waals surface area contributed by atoms with Crippen LogP contribution >= 0.6 is 11.8 Å². The summed E-state index contributed by atoms with van der Waals surface area (Å²) in [5.41, 5.74) is 2.01. The number of likely N-dealkylation sites (tertiary alicyclic amines) is 1. The van der Waals surface area contributed by atoms with Gasteiger partial charge >= 0.3 is 0 Å². The molecule has 2 aromatic rings. The largest absolute Gasteiger partial charge is 0.394 e. The molecule has 2 aromatic carbocycles. The van der Waals surface area contributed by atoms with Crippen molar-refractivity contribution in [3.63, 3.8) is 0 Å². The number of aliphatic hydroxyl groups excluding tert-OH is 1. The molecule has 2 fully saturated rings. The molecule has 6 atom stereocenters. The molecule has 0 saturated carbocycles. The van der Waals surface area contributed by atoms with E-state index in [1.807, 2.05) is 109 Å². The van der Waals surface area contributed by atoms with Crippen LogP contribution in [-0.2, 0) is 27.3 Å². The molecule has 2 saturated heterocycles. The predicted molar refractivity (Wildman–Crippen MR) is 164 cm³/mol. The van der Waals surface area contributed by atoms with Gasteiger partial charge in [0.1, 0.15) is 6.04 Å². The van der Waals surface area contributed by atoms with Crippen LogP contribution in [0.5, 0.6) is 0 Å². The highest BCUT2D eigenvalue weighted by Crippen LogP contribution is 2.66. The lowest BCUT2D eigenvalue weighted by molar-refractivity contribution is -0.147. The number of fused-ring (bicyclic) bond motifs is 2. The Labute approximate surface area is 252 Å². The maximum atomic E-state index is 14.8. The molecule has 220 valence electrons. The maximum absolute atomic E-state index is 14.8. The molecule has 0 aliphatic carbocycles. The molecule has 0 radical (unpaired) electrons. The number of hydrogen-bond donors (Lipinski definition) is 1. The van der Waals surface area contributed by atoms with Crippen molar-refractivity contribution >= 4 is 29.5 Å². The molecule has 1 N–H and O–H groups in total. The van der Waals surface area contributed by atoms with Gasteiger partial charge in [-0.2, -0.15) is 0 Å². The van der Waals surface area contributed by atoms with E-state index in [-0.39, 0.29) is 30.4 Å². The summed E-state index contributed by atoms with van der Waals surface area (Å²) in [4.78, 5) is 49.1. The van der Waals surface area contributed by atoms with Gasteiger partial charge in [-0.05, 0) is 38.3 Å². The van der Waals surface area contributed by atoms with Crippen molar-refractivity contribution in [2.75, 3.05) is 19.7 Å². The van der Waals surface area contributed by atoms with Crippen LogP contribution in [-0.4, -0.2) is 84.8 Å². The Morgan fingerprint density at radius 1 is 0.857 bits per heavy atom. The van der Waals surface area contributed by atoms with Crippen LogP contribution in [0.25, 0.3) is 0 Å². The average molecular weight is 586 g/mol. The summed E-state index contributed by atoms with van der Waals surface area (Å²) in [6, 6.07) is 18.2. The van der Waals surface area contributed by atoms with Gasteiger partial charge in [0.25, 0.3) is 0 Å². The molecule has 4 heterocycles. The zero-order valence-electron chi connectivity index (χ0n) is 24.4. The van der Waals surface area contributed by atoms with E-state index in [1.54, 1.807) is 16.7 Å². The number of aliphatic hydroxyl groups is 1. The second-order valence-electron chi connectivity index (χ2n) is 12.4. The highest BCUT2D eigenvalue weighted by Gasteiger charge is 2.74. The molecule has 1 spiro atoms. The quantitative estimate of drug-likeness (QED) is 0.502. The Kier molecular flexibility index (Phi) is 7.56. The van der Waals surface area contributed by atoms with Crippen molar-refractivity contribution in [3.05, 3.63) is 96.1 Å². The van der Waals surface area contributed by atoms with Crippen LogP contribution in [0.3, 0.4) is 0 Å². The van der Waals surface area contributed by atoms with Crippen LogP contribution in [0, 0.1) is 11.8 Å². The van der Waals surface area contributed by atoms with E-state index in [9.17, 15) is 19.5 Å². The second kappa shape index (κ2) is 11.0. The van der Waals surface area contributed by atoms with Crippen molar-refractivity contribution in [2.45, 2.75) is 61.4 Å². The Hall–Kier alpha value is -3.36. The first-order valence-electron chi connectivity index (χ1n) is 14.9. The summed E-state index contributed by atoms with van der Waals surface area (Å²) in [5, 5.41) is 10.7. The van der Waals surface area contributed by atoms with Gasteiger partial charge in [0.15, 0.2) is 0 Å². The molecule has 4 aliphatic rings. The first-order valence-corrected chi connectivity index (χ1v) is 15.7. The van der Waals surface area contributed by atoms with Gasteiger partial charge in [0, 0.05) is 30.4 Å². The summed E-state index contributed by atoms with van der Waals surface area (Å²) >= 11 is 1.58. The summed E-state index contributed by atoms with van der Waals surface area (Å²) in [6.45, 7) is 7.09. The molecule has 42 heavy (non-hydrogen) atoms. The fraction of sp³-hybridized carbons (Fsp3) is 0.441. The molecule has 7 nitrogen and oxygen atoms in total. The summed E-state index contributed by atoms with van der Waals surface area (Å²) in [6.07, 6.45) is 8.60. The topological polar surface area (TPSA) is 81.2 Å². The minimum atomic E-state index is -0.933. The van der Waals surface area contributed by atoms with Gasteiger partial charge in [0.05, 0.1) is 29.2 Å². The summed E-state index contributed by atoms with van der Waals surface area (Å²) < 4.78 is -1.60. The van der Waals surface area contributed by atoms with Crippen LogP contribution in [0.1, 0.15) is 31.9 Å². The third-order valence-corrected chi connectivity index (χ3v) is 11.2. The smallest absolute Gasteiger partial charge is 0.247 e. The summed E-state index contributed by atoms with van der Waals surface area (Å²) in [5.74, 6) is -1.79. The number of carbonyl (C=O) groups excluding carboxylic acids is 3. The normalized spacial score (nSPS) is 31.2. The van der Waals surface area contributed by atoms with E-state index in [4.69, 9.17) is 0 Å². The van der Waals surface area contributed by atoms with Crippen LogP contribution < -0.4 is 0 Å². The van der Waals surface area contributed by atoms with Crippen molar-refractivity contribution in [3.8, 4) is 0 Å². The average Bonchev–Trinajstić information content (AvgIpc) is 3.25. The second-order valence-corrected chi connectivity index (χ2v) is 14.2. The van der Waals surface area contributed by atoms with Gasteiger partial charge in [-0.15, -0.1) is 11.8 Å². The summed E-state index contributed by atoms with van der Waals surface area (Å²) in [7, 11) is 0. The zero-order valence-corrected chi connectivity index (χ0v) is 25.2. The molecule has 4 aliphatic heterocycles. The van der Waals surface area contributed by atoms with Crippen molar-refractivity contribution in [2.24, 2.45) is 11.8 Å². The van der Waals surface area contributed by atoms with Gasteiger partial charge in [-0.25, -0.2) is 0 Å². The zero-order chi connectivity index (χ0) is 29.6. The van der Waals surface area contributed by atoms with E-state index < -0.39 is 33.4 Å². The van der Waals surface area contributed by atoms with Gasteiger partial charge in [-0.1, -0.05) is 85.0 Å². The maximum Gasteiger partial charge on any atom is 0.247 e. The standard InChI is InChI=1S/C34H39N3O4S/c1-23(2)36-19-11-17-34-28(31(40)37(29(34)32(36)41)26(22-38)20-24-12-6-4-7-13-24)27-30(39)35(18-10-16-33(27,3)42-34)21-25-14-8-5-9-15-25/h4-17,23,26-29,38H,18-22H2,1-3H3/t26-,27-,28+,29?,33+,34+/m1/s1. The van der Waals surface area contributed by atoms with Crippen LogP contribution in [0.15, 0.2) is 85.0 Å². The third kappa shape index (κ3) is 4.60. The van der Waals surface area contributed by atoms with Gasteiger partial charge in [0.2, 0.25) is 17.7 Å². The van der Waals surface area contributed by atoms with E-state index in [1.165, 1.54) is 0 Å². The van der Waals surface area contributed by atoms with Crippen molar-refractivity contribution < 1.29 is 19.5 Å². The lowest BCUT2D eigenvalue weighted by atomic mass is 9.74. The lowest BCUT2D eigenvalue weighted by Gasteiger charge is -2.40. The Morgan fingerprint density at radius 2 is 1.50 bits per heavy atom. The molecule has 0 bridgehead atoms. The fourth-order valence-electron chi connectivity index (χ4n) is 7.47. The number of benzene rings is 2. The van der Waals surface area contributed by atoms with Crippen molar-refractivity contribution in [1.82, 2.24) is 14.7 Å². The van der Waals surface area contributed by atoms with Gasteiger partial charge in [-0.3, -0.25) is 14.4 Å². The molecule has 3 amide bonds. The molecular formula is C34H39N3O4S. The van der Waals surface area contributed by atoms with E-state index >= 15 is 0 Å². The number of thioether (sulfide) groups is 1. The molecular weight excluding hydrogens is 546 g/mol. The minimum Gasteiger partial charge on any atom is -0.394 e. The Bertz CT molecular complexity index is 1410. The SMILES string of the molecule is CC(C)N1CC=C[C@]23S[C@@]4(C)C=CCN(Cc5ccccc5)C(=O)[C@H]4[C@H]2C(=O)N([C@@H](CO)Cc2ccccc2)C3C1=O. The van der Waals surface area contributed by atoms with Gasteiger partial charge < -0.3 is 19.8 Å². The van der Waals surface area contributed by atoms with Crippen molar-refractivity contribution in [1.29, 1.82) is 0 Å². The lowest BCUT2D eigenvalue weighted by Crippen LogP contribution is -2.58. The number of hydrogen-bond acceptors (Lipinski definition) is 5. The Balaban J connectivity index is 1.45. The molecule has 1 unspecified atom stereocenters. The molecule has 0 aromatic heterocycles. The highest BCUT2D eigenvalue weighted by molar-refractivity contribution is 8.02. The third-order valence-electron chi connectivity index (χ3n) is 9.37. The Morgan fingerprint density at radius 3 is 2.14 bits per heavy atom. The van der Waals surface area contributed by atoms with Crippen LogP contribution in [0.2, 0.25) is 0 Å². The van der Waals surface area contributed by atoms with E-state index in [0.29, 0.717) is 26.1 Å². The molecule has 8 heteroatoms. The molecule has 6 rings (SSSR count). The minimum absolute atomic E-state index is 0.0645. The number of rotatable bonds is 7. The first kappa shape index (κ1) is 28.7. The van der Waals surface area contributed by atoms with E-state index in [2.05, 4.69) is 6.08 Å². The highest BCUT2D eigenvalue weighted by atomic mass is 32.2. The monoisotopic (exact) mass is 585 g/mol. The first-order chi connectivity index (χ1) is 20.2. The fourth-order valence-corrected chi connectivity index (χ4v) is 9.61. The number of carbonyl (C=O) groups is 3. The van der Waals surface area contributed by atoms with E-state index in [0.717, 1.165) is 11.1 Å².